The van der Waals surface area contributed by atoms with Gasteiger partial charge in [0.2, 0.25) is 5.88 Å². The minimum atomic E-state index is 0.455. The van der Waals surface area contributed by atoms with E-state index in [0.29, 0.717) is 18.9 Å². The molecule has 0 saturated heterocycles. The number of pyridine rings is 1. The molecule has 0 aliphatic rings. The molecule has 1 aromatic carbocycles. The van der Waals surface area contributed by atoms with Gasteiger partial charge in [0.15, 0.2) is 0 Å². The number of hydrogen-bond donors (Lipinski definition) is 1. The molecule has 2 N–H and O–H groups in total. The molecule has 1 aromatic heterocycles. The van der Waals surface area contributed by atoms with Crippen molar-refractivity contribution in [3.05, 3.63) is 35.9 Å². The Hall–Kier alpha value is -1.65. The molecule has 0 aliphatic carbocycles. The highest BCUT2D eigenvalue weighted by Crippen LogP contribution is 2.22. The lowest BCUT2D eigenvalue weighted by Gasteiger charge is -2.08. The van der Waals surface area contributed by atoms with Crippen LogP contribution in [0, 0.1) is 0 Å². The Morgan fingerprint density at radius 3 is 2.88 bits per heavy atom. The molecule has 0 unspecified atom stereocenters. The molecule has 2 aromatic rings. The Balaban J connectivity index is 2.45. The Morgan fingerprint density at radius 2 is 2.12 bits per heavy atom. The average molecular weight is 218 g/mol. The lowest BCUT2D eigenvalue weighted by molar-refractivity contribution is 0.140. The number of aromatic nitrogens is 1. The van der Waals surface area contributed by atoms with E-state index in [9.17, 15) is 0 Å². The van der Waals surface area contributed by atoms with Crippen LogP contribution in [0.15, 0.2) is 30.3 Å². The van der Waals surface area contributed by atoms with E-state index in [2.05, 4.69) is 15.9 Å². The van der Waals surface area contributed by atoms with E-state index < -0.39 is 0 Å². The molecule has 4 nitrogen and oxygen atoms in total. The Kier molecular flexibility index (Phi) is 3.34. The zero-order valence-corrected chi connectivity index (χ0v) is 9.14. The summed E-state index contributed by atoms with van der Waals surface area (Å²) in [4.78, 5) is 9.00. The van der Waals surface area contributed by atoms with Crippen molar-refractivity contribution >= 4 is 10.9 Å². The van der Waals surface area contributed by atoms with Gasteiger partial charge in [-0.05, 0) is 12.1 Å². The van der Waals surface area contributed by atoms with Crippen molar-refractivity contribution < 1.29 is 9.57 Å². The highest BCUT2D eigenvalue weighted by atomic mass is 16.6. The van der Waals surface area contributed by atoms with E-state index >= 15 is 0 Å². The van der Waals surface area contributed by atoms with Crippen molar-refractivity contribution in [3.8, 4) is 5.88 Å². The number of ether oxygens (including phenoxy) is 1. The lowest BCUT2D eigenvalue weighted by Crippen LogP contribution is -2.05. The number of fused-ring (bicyclic) bond motifs is 1. The summed E-state index contributed by atoms with van der Waals surface area (Å²) in [6.45, 7) is 0.455. The fourth-order valence-electron chi connectivity index (χ4n) is 1.67. The molecule has 0 spiro atoms. The van der Waals surface area contributed by atoms with Gasteiger partial charge in [0.1, 0.15) is 0 Å². The van der Waals surface area contributed by atoms with Gasteiger partial charge in [-0.1, -0.05) is 18.2 Å². The molecule has 4 heteroatoms. The molecule has 1 heterocycles. The maximum Gasteiger partial charge on any atom is 0.216 e. The van der Waals surface area contributed by atoms with Crippen LogP contribution >= 0.6 is 0 Å². The number of methoxy groups -OCH3 is 1. The average Bonchev–Trinajstić information content (AvgIpc) is 2.35. The standard InChI is InChI=1S/C12H14N2O2/c1-15-12-10(6-7-16-13)8-9-4-2-3-5-11(9)14-12/h2-5,8H,6-7,13H2,1H3. The van der Waals surface area contributed by atoms with Crippen molar-refractivity contribution in [1.82, 2.24) is 4.98 Å². The predicted octanol–water partition coefficient (Wildman–Crippen LogP) is 1.68. The molecular formula is C12H14N2O2. The summed E-state index contributed by atoms with van der Waals surface area (Å²) in [5, 5.41) is 1.09. The van der Waals surface area contributed by atoms with Gasteiger partial charge in [0.25, 0.3) is 0 Å². The van der Waals surface area contributed by atoms with Crippen molar-refractivity contribution in [2.45, 2.75) is 6.42 Å². The minimum Gasteiger partial charge on any atom is -0.481 e. The molecular weight excluding hydrogens is 204 g/mol. The molecule has 0 saturated carbocycles. The van der Waals surface area contributed by atoms with Crippen LogP contribution in [0.3, 0.4) is 0 Å². The van der Waals surface area contributed by atoms with E-state index in [-0.39, 0.29) is 0 Å². The van der Waals surface area contributed by atoms with Gasteiger partial charge >= 0.3 is 0 Å². The van der Waals surface area contributed by atoms with Crippen LogP contribution in [0.2, 0.25) is 0 Å². The summed E-state index contributed by atoms with van der Waals surface area (Å²) in [5.74, 6) is 5.65. The fourth-order valence-corrected chi connectivity index (χ4v) is 1.67. The van der Waals surface area contributed by atoms with E-state index in [1.165, 1.54) is 0 Å². The molecule has 2 rings (SSSR count). The highest BCUT2D eigenvalue weighted by molar-refractivity contribution is 5.80. The van der Waals surface area contributed by atoms with Gasteiger partial charge in [-0.15, -0.1) is 0 Å². The predicted molar refractivity (Wildman–Crippen MR) is 62.1 cm³/mol. The first-order valence-electron chi connectivity index (χ1n) is 5.09. The van der Waals surface area contributed by atoms with E-state index in [0.717, 1.165) is 16.5 Å². The van der Waals surface area contributed by atoms with Crippen LogP contribution < -0.4 is 10.6 Å². The van der Waals surface area contributed by atoms with Crippen LogP contribution in [-0.4, -0.2) is 18.7 Å². The van der Waals surface area contributed by atoms with Crippen molar-refractivity contribution in [2.24, 2.45) is 5.90 Å². The minimum absolute atomic E-state index is 0.455. The lowest BCUT2D eigenvalue weighted by atomic mass is 10.1. The highest BCUT2D eigenvalue weighted by Gasteiger charge is 2.06. The Bertz CT molecular complexity index is 485. The van der Waals surface area contributed by atoms with E-state index in [1.807, 2.05) is 24.3 Å². The number of nitrogens with zero attached hydrogens (tertiary/aromatic N) is 1. The number of rotatable bonds is 4. The molecule has 0 bridgehead atoms. The molecule has 84 valence electrons. The van der Waals surface area contributed by atoms with Gasteiger partial charge in [-0.3, -0.25) is 0 Å². The third-order valence-electron chi connectivity index (χ3n) is 2.45. The quantitative estimate of drug-likeness (QED) is 0.793. The molecule has 0 amide bonds. The van der Waals surface area contributed by atoms with Crippen LogP contribution in [0.1, 0.15) is 5.56 Å². The van der Waals surface area contributed by atoms with Gasteiger partial charge < -0.3 is 9.57 Å². The summed E-state index contributed by atoms with van der Waals surface area (Å²) in [6, 6.07) is 9.98. The number of benzene rings is 1. The SMILES string of the molecule is COc1nc2ccccc2cc1CCON. The third-order valence-corrected chi connectivity index (χ3v) is 2.45. The van der Waals surface area contributed by atoms with Gasteiger partial charge in [0.05, 0.1) is 19.2 Å². The molecule has 0 fully saturated rings. The largest absolute Gasteiger partial charge is 0.481 e. The maximum absolute atomic E-state index is 5.24. The summed E-state index contributed by atoms with van der Waals surface area (Å²) >= 11 is 0. The summed E-state index contributed by atoms with van der Waals surface area (Å²) in [5.41, 5.74) is 1.93. The molecule has 0 radical (unpaired) electrons. The van der Waals surface area contributed by atoms with Crippen LogP contribution in [-0.2, 0) is 11.3 Å². The van der Waals surface area contributed by atoms with Crippen molar-refractivity contribution in [2.75, 3.05) is 13.7 Å². The summed E-state index contributed by atoms with van der Waals surface area (Å²) in [6.07, 6.45) is 0.692. The van der Waals surface area contributed by atoms with Gasteiger partial charge in [-0.25, -0.2) is 10.9 Å². The Morgan fingerprint density at radius 1 is 1.31 bits per heavy atom. The molecule has 16 heavy (non-hydrogen) atoms. The second kappa shape index (κ2) is 4.92. The van der Waals surface area contributed by atoms with E-state index in [1.54, 1.807) is 7.11 Å². The fraction of sp³-hybridized carbons (Fsp3) is 0.250. The Labute approximate surface area is 93.9 Å². The van der Waals surface area contributed by atoms with Crippen LogP contribution in [0.25, 0.3) is 10.9 Å². The van der Waals surface area contributed by atoms with Crippen molar-refractivity contribution in [1.29, 1.82) is 0 Å². The van der Waals surface area contributed by atoms with Gasteiger partial charge in [-0.2, -0.15) is 0 Å². The second-order valence-electron chi connectivity index (χ2n) is 3.47. The third kappa shape index (κ3) is 2.13. The summed E-state index contributed by atoms with van der Waals surface area (Å²) < 4.78 is 5.24. The zero-order chi connectivity index (χ0) is 11.4. The van der Waals surface area contributed by atoms with Crippen LogP contribution in [0.5, 0.6) is 5.88 Å². The van der Waals surface area contributed by atoms with Crippen molar-refractivity contribution in [3.63, 3.8) is 0 Å². The van der Waals surface area contributed by atoms with Gasteiger partial charge in [0, 0.05) is 17.4 Å². The topological polar surface area (TPSA) is 57.4 Å². The second-order valence-corrected chi connectivity index (χ2v) is 3.47. The number of nitrogens with two attached hydrogens (primary N) is 1. The number of hydrogen-bond acceptors (Lipinski definition) is 4. The zero-order valence-electron chi connectivity index (χ0n) is 9.14. The first-order valence-corrected chi connectivity index (χ1v) is 5.09. The van der Waals surface area contributed by atoms with E-state index in [4.69, 9.17) is 10.6 Å². The first kappa shape index (κ1) is 10.9. The van der Waals surface area contributed by atoms with Crippen LogP contribution in [0.4, 0.5) is 0 Å². The maximum atomic E-state index is 5.24. The normalized spacial score (nSPS) is 10.6. The first-order chi connectivity index (χ1) is 7.85. The number of para-hydroxylation sites is 1. The smallest absolute Gasteiger partial charge is 0.216 e. The molecule has 0 aliphatic heterocycles. The monoisotopic (exact) mass is 218 g/mol. The molecule has 0 atom stereocenters. The summed E-state index contributed by atoms with van der Waals surface area (Å²) in [7, 11) is 1.61.